The third-order valence-electron chi connectivity index (χ3n) is 3.66. The summed E-state index contributed by atoms with van der Waals surface area (Å²) in [5.41, 5.74) is -4.48. The van der Waals surface area contributed by atoms with Crippen molar-refractivity contribution in [1.29, 1.82) is 0 Å². The van der Waals surface area contributed by atoms with E-state index >= 15 is 0 Å². The molecule has 0 spiro atoms. The van der Waals surface area contributed by atoms with Crippen LogP contribution < -0.4 is 0 Å². The van der Waals surface area contributed by atoms with Gasteiger partial charge in [0.1, 0.15) is 0 Å². The molecule has 0 unspecified atom stereocenters. The van der Waals surface area contributed by atoms with E-state index in [0.29, 0.717) is 6.42 Å². The van der Waals surface area contributed by atoms with Crippen LogP contribution in [0, 0.1) is 5.41 Å². The van der Waals surface area contributed by atoms with Crippen molar-refractivity contribution >= 4 is 0 Å². The van der Waals surface area contributed by atoms with E-state index < -0.39 is 22.2 Å². The highest BCUT2D eigenvalue weighted by Gasteiger charge is 2.60. The standard InChI is InChI=1S/C12H26O3/c1-8-12(9(2,3)13,10(4,5)14)11(6,7)15/h13-15H,8H2,1-7H3. The fourth-order valence-electron chi connectivity index (χ4n) is 3.54. The van der Waals surface area contributed by atoms with Crippen molar-refractivity contribution in [3.05, 3.63) is 0 Å². The molecule has 15 heavy (non-hydrogen) atoms. The molecule has 0 aromatic heterocycles. The highest BCUT2D eigenvalue weighted by Crippen LogP contribution is 2.51. The molecule has 0 aliphatic heterocycles. The van der Waals surface area contributed by atoms with E-state index in [2.05, 4.69) is 0 Å². The maximum atomic E-state index is 10.3. The Morgan fingerprint density at radius 2 is 0.867 bits per heavy atom. The molecule has 3 nitrogen and oxygen atoms in total. The Hall–Kier alpha value is -0.120. The zero-order chi connectivity index (χ0) is 12.7. The molecule has 0 radical (unpaired) electrons. The molecule has 0 aromatic carbocycles. The van der Waals surface area contributed by atoms with Crippen molar-refractivity contribution in [2.24, 2.45) is 5.41 Å². The highest BCUT2D eigenvalue weighted by molar-refractivity contribution is 5.10. The van der Waals surface area contributed by atoms with E-state index in [0.717, 1.165) is 0 Å². The average molecular weight is 218 g/mol. The maximum Gasteiger partial charge on any atom is 0.0702 e. The molecule has 0 bridgehead atoms. The second-order valence-electron chi connectivity index (χ2n) is 5.94. The first-order valence-corrected chi connectivity index (χ1v) is 5.48. The van der Waals surface area contributed by atoms with Crippen LogP contribution in [0.25, 0.3) is 0 Å². The van der Waals surface area contributed by atoms with Crippen molar-refractivity contribution < 1.29 is 15.3 Å². The van der Waals surface area contributed by atoms with Crippen LogP contribution in [0.15, 0.2) is 0 Å². The van der Waals surface area contributed by atoms with Crippen molar-refractivity contribution in [2.75, 3.05) is 0 Å². The fourth-order valence-corrected chi connectivity index (χ4v) is 3.54. The molecular formula is C12H26O3. The lowest BCUT2D eigenvalue weighted by molar-refractivity contribution is -0.248. The van der Waals surface area contributed by atoms with Crippen LogP contribution in [0.3, 0.4) is 0 Å². The molecule has 0 aliphatic rings. The second kappa shape index (κ2) is 3.72. The Bertz CT molecular complexity index is 176. The van der Waals surface area contributed by atoms with Crippen LogP contribution >= 0.6 is 0 Å². The van der Waals surface area contributed by atoms with Gasteiger partial charge in [0.15, 0.2) is 0 Å². The van der Waals surface area contributed by atoms with Gasteiger partial charge in [-0.05, 0) is 48.0 Å². The van der Waals surface area contributed by atoms with Gasteiger partial charge in [-0.15, -0.1) is 0 Å². The monoisotopic (exact) mass is 218 g/mol. The van der Waals surface area contributed by atoms with Gasteiger partial charge in [-0.1, -0.05) is 6.92 Å². The molecule has 0 aromatic rings. The highest BCUT2D eigenvalue weighted by atomic mass is 16.3. The molecule has 0 fully saturated rings. The predicted molar refractivity (Wildman–Crippen MR) is 61.6 cm³/mol. The van der Waals surface area contributed by atoms with Gasteiger partial charge in [-0.25, -0.2) is 0 Å². The van der Waals surface area contributed by atoms with Gasteiger partial charge in [0, 0.05) is 0 Å². The summed E-state index contributed by atoms with van der Waals surface area (Å²) in [5.74, 6) is 0. The normalized spacial score (nSPS) is 15.6. The molecule has 0 heterocycles. The molecule has 0 saturated heterocycles. The molecule has 92 valence electrons. The molecule has 0 rings (SSSR count). The summed E-state index contributed by atoms with van der Waals surface area (Å²) in [4.78, 5) is 0. The van der Waals surface area contributed by atoms with Crippen LogP contribution in [-0.2, 0) is 0 Å². The first-order valence-electron chi connectivity index (χ1n) is 5.48. The van der Waals surface area contributed by atoms with Crippen LogP contribution in [0.5, 0.6) is 0 Å². The third kappa shape index (κ3) is 2.19. The van der Waals surface area contributed by atoms with Crippen molar-refractivity contribution in [1.82, 2.24) is 0 Å². The van der Waals surface area contributed by atoms with Crippen LogP contribution in [0.2, 0.25) is 0 Å². The summed E-state index contributed by atoms with van der Waals surface area (Å²) in [5, 5.41) is 30.8. The van der Waals surface area contributed by atoms with E-state index in [1.54, 1.807) is 41.5 Å². The van der Waals surface area contributed by atoms with Crippen molar-refractivity contribution in [2.45, 2.75) is 71.7 Å². The molecule has 3 N–H and O–H groups in total. The number of hydrogen-bond acceptors (Lipinski definition) is 3. The van der Waals surface area contributed by atoms with Gasteiger partial charge >= 0.3 is 0 Å². The Balaban J connectivity index is 5.78. The smallest absolute Gasteiger partial charge is 0.0702 e. The molecule has 0 atom stereocenters. The van der Waals surface area contributed by atoms with E-state index in [4.69, 9.17) is 0 Å². The van der Waals surface area contributed by atoms with Crippen molar-refractivity contribution in [3.8, 4) is 0 Å². The number of rotatable bonds is 4. The van der Waals surface area contributed by atoms with Crippen molar-refractivity contribution in [3.63, 3.8) is 0 Å². The molecule has 3 heteroatoms. The largest absolute Gasteiger partial charge is 0.390 e. The zero-order valence-corrected chi connectivity index (χ0v) is 11.0. The lowest BCUT2D eigenvalue weighted by atomic mass is 9.54. The number of hydrogen-bond donors (Lipinski definition) is 3. The van der Waals surface area contributed by atoms with Crippen LogP contribution in [-0.4, -0.2) is 32.1 Å². The summed E-state index contributed by atoms with van der Waals surface area (Å²) in [6.45, 7) is 11.7. The van der Waals surface area contributed by atoms with Crippen LogP contribution in [0.4, 0.5) is 0 Å². The number of aliphatic hydroxyl groups is 3. The quantitative estimate of drug-likeness (QED) is 0.673. The Morgan fingerprint density at radius 3 is 0.867 bits per heavy atom. The SMILES string of the molecule is CCC(C(C)(C)O)(C(C)(C)O)C(C)(C)O. The Labute approximate surface area is 93.1 Å². The van der Waals surface area contributed by atoms with E-state index in [1.807, 2.05) is 6.92 Å². The average Bonchev–Trinajstić information content (AvgIpc) is 1.76. The summed E-state index contributed by atoms with van der Waals surface area (Å²) in [6, 6.07) is 0. The molecule has 0 aliphatic carbocycles. The van der Waals surface area contributed by atoms with Gasteiger partial charge in [0.2, 0.25) is 0 Å². The van der Waals surface area contributed by atoms with Gasteiger partial charge in [0.25, 0.3) is 0 Å². The minimum atomic E-state index is -1.17. The summed E-state index contributed by atoms with van der Waals surface area (Å²) in [6.07, 6.45) is 0.490. The predicted octanol–water partition coefficient (Wildman–Crippen LogP) is 1.70. The van der Waals surface area contributed by atoms with Crippen LogP contribution in [0.1, 0.15) is 54.9 Å². The first kappa shape index (κ1) is 14.9. The summed E-state index contributed by atoms with van der Waals surface area (Å²) in [7, 11) is 0. The van der Waals surface area contributed by atoms with Gasteiger partial charge in [-0.3, -0.25) is 0 Å². The molecule has 0 saturated carbocycles. The molecule has 0 amide bonds. The summed E-state index contributed by atoms with van der Waals surface area (Å²) < 4.78 is 0. The third-order valence-corrected chi connectivity index (χ3v) is 3.66. The van der Waals surface area contributed by atoms with E-state index in [-0.39, 0.29) is 0 Å². The van der Waals surface area contributed by atoms with Gasteiger partial charge in [0.05, 0.1) is 22.2 Å². The van der Waals surface area contributed by atoms with Gasteiger partial charge < -0.3 is 15.3 Å². The Morgan fingerprint density at radius 1 is 0.667 bits per heavy atom. The zero-order valence-electron chi connectivity index (χ0n) is 11.0. The van der Waals surface area contributed by atoms with E-state index in [9.17, 15) is 15.3 Å². The lowest BCUT2D eigenvalue weighted by Crippen LogP contribution is -2.66. The van der Waals surface area contributed by atoms with Gasteiger partial charge in [-0.2, -0.15) is 0 Å². The molecular weight excluding hydrogens is 192 g/mol. The maximum absolute atomic E-state index is 10.3. The minimum absolute atomic E-state index is 0.490. The second-order valence-corrected chi connectivity index (χ2v) is 5.94. The topological polar surface area (TPSA) is 60.7 Å². The summed E-state index contributed by atoms with van der Waals surface area (Å²) >= 11 is 0. The van der Waals surface area contributed by atoms with E-state index in [1.165, 1.54) is 0 Å². The minimum Gasteiger partial charge on any atom is -0.390 e. The lowest BCUT2D eigenvalue weighted by Gasteiger charge is -2.57. The first-order chi connectivity index (χ1) is 6.31. The Kier molecular flexibility index (Phi) is 3.69. The fraction of sp³-hybridized carbons (Fsp3) is 1.00.